The average molecular weight is 495 g/mol. The van der Waals surface area contributed by atoms with E-state index in [1.807, 2.05) is 59.0 Å². The molecule has 0 bridgehead atoms. The third-order valence-corrected chi connectivity index (χ3v) is 4.72. The maximum atomic E-state index is 12.2. The highest BCUT2D eigenvalue weighted by Gasteiger charge is 2.07. The highest BCUT2D eigenvalue weighted by molar-refractivity contribution is 14.1. The molecule has 0 aliphatic carbocycles. The summed E-state index contributed by atoms with van der Waals surface area (Å²) < 4.78 is 1.52. The molecule has 6 heteroatoms. The van der Waals surface area contributed by atoms with E-state index in [0.717, 1.165) is 15.2 Å². The summed E-state index contributed by atoms with van der Waals surface area (Å²) in [5, 5.41) is 16.0. The van der Waals surface area contributed by atoms with E-state index in [4.69, 9.17) is 0 Å². The Bertz CT molecular complexity index is 957. The van der Waals surface area contributed by atoms with Crippen molar-refractivity contribution in [2.45, 2.75) is 0 Å². The number of fused-ring (bicyclic) bond motifs is 1. The molecular formula is C18H12BrIN2O2. The SMILES string of the molecule is O=C(N/N=C\c1cc(Br)cc(I)c1O)c1ccc2ccccc2c1. The topological polar surface area (TPSA) is 61.7 Å². The lowest BCUT2D eigenvalue weighted by Crippen LogP contribution is -2.17. The predicted molar refractivity (Wildman–Crippen MR) is 108 cm³/mol. The fourth-order valence-electron chi connectivity index (χ4n) is 2.24. The molecule has 0 aliphatic heterocycles. The summed E-state index contributed by atoms with van der Waals surface area (Å²) in [7, 11) is 0. The van der Waals surface area contributed by atoms with Crippen molar-refractivity contribution < 1.29 is 9.90 Å². The summed E-state index contributed by atoms with van der Waals surface area (Å²) in [4.78, 5) is 12.2. The van der Waals surface area contributed by atoms with Crippen molar-refractivity contribution in [3.8, 4) is 5.75 Å². The Morgan fingerprint density at radius 2 is 1.88 bits per heavy atom. The second-order valence-corrected chi connectivity index (χ2v) is 7.16. The van der Waals surface area contributed by atoms with Gasteiger partial charge in [0, 0.05) is 15.6 Å². The van der Waals surface area contributed by atoms with Crippen molar-refractivity contribution in [2.24, 2.45) is 5.10 Å². The van der Waals surface area contributed by atoms with Gasteiger partial charge >= 0.3 is 0 Å². The van der Waals surface area contributed by atoms with Crippen LogP contribution in [0.2, 0.25) is 0 Å². The van der Waals surface area contributed by atoms with Gasteiger partial charge in [0.2, 0.25) is 0 Å². The number of rotatable bonds is 3. The summed E-state index contributed by atoms with van der Waals surface area (Å²) in [6, 6.07) is 16.8. The maximum absolute atomic E-state index is 12.2. The van der Waals surface area contributed by atoms with E-state index >= 15 is 0 Å². The smallest absolute Gasteiger partial charge is 0.271 e. The van der Waals surface area contributed by atoms with Crippen molar-refractivity contribution in [3.05, 3.63) is 73.8 Å². The minimum Gasteiger partial charge on any atom is -0.506 e. The number of hydrogen-bond donors (Lipinski definition) is 2. The van der Waals surface area contributed by atoms with Crippen molar-refractivity contribution in [3.63, 3.8) is 0 Å². The second kappa shape index (κ2) is 7.31. The molecule has 120 valence electrons. The van der Waals surface area contributed by atoms with Gasteiger partial charge in [-0.05, 0) is 57.6 Å². The number of halogens is 2. The number of benzene rings is 3. The number of amides is 1. The van der Waals surface area contributed by atoms with Crippen LogP contribution in [0.5, 0.6) is 5.75 Å². The lowest BCUT2D eigenvalue weighted by Gasteiger charge is -2.04. The minimum absolute atomic E-state index is 0.127. The third-order valence-electron chi connectivity index (χ3n) is 3.44. The summed E-state index contributed by atoms with van der Waals surface area (Å²) in [5.41, 5.74) is 3.53. The molecule has 3 rings (SSSR count). The van der Waals surface area contributed by atoms with Crippen molar-refractivity contribution >= 4 is 61.4 Å². The zero-order valence-corrected chi connectivity index (χ0v) is 16.1. The quantitative estimate of drug-likeness (QED) is 0.315. The number of phenols is 1. The Kier molecular flexibility index (Phi) is 5.15. The fourth-order valence-corrected chi connectivity index (χ4v) is 3.79. The van der Waals surface area contributed by atoms with E-state index in [1.165, 1.54) is 6.21 Å². The molecule has 1 amide bonds. The first-order valence-electron chi connectivity index (χ1n) is 7.05. The van der Waals surface area contributed by atoms with Crippen LogP contribution in [-0.4, -0.2) is 17.2 Å². The van der Waals surface area contributed by atoms with Gasteiger partial charge in [-0.15, -0.1) is 0 Å². The van der Waals surface area contributed by atoms with Crippen LogP contribution < -0.4 is 5.43 Å². The Balaban J connectivity index is 1.77. The zero-order valence-electron chi connectivity index (χ0n) is 12.3. The van der Waals surface area contributed by atoms with E-state index in [2.05, 4.69) is 26.5 Å². The van der Waals surface area contributed by atoms with Crippen LogP contribution >= 0.6 is 38.5 Å². The summed E-state index contributed by atoms with van der Waals surface area (Å²) >= 11 is 5.39. The molecule has 0 aliphatic rings. The molecular weight excluding hydrogens is 483 g/mol. The second-order valence-electron chi connectivity index (χ2n) is 5.09. The van der Waals surface area contributed by atoms with Gasteiger partial charge in [0.25, 0.3) is 5.91 Å². The molecule has 2 N–H and O–H groups in total. The first-order chi connectivity index (χ1) is 11.5. The summed E-state index contributed by atoms with van der Waals surface area (Å²) in [5.74, 6) is -0.177. The number of nitrogens with one attached hydrogen (secondary N) is 1. The molecule has 0 saturated carbocycles. The molecule has 0 unspecified atom stereocenters. The maximum Gasteiger partial charge on any atom is 0.271 e. The van der Waals surface area contributed by atoms with Crippen molar-refractivity contribution in [1.29, 1.82) is 0 Å². The molecule has 0 spiro atoms. The largest absolute Gasteiger partial charge is 0.506 e. The van der Waals surface area contributed by atoms with Gasteiger partial charge in [-0.25, -0.2) is 5.43 Å². The van der Waals surface area contributed by atoms with E-state index in [-0.39, 0.29) is 11.7 Å². The lowest BCUT2D eigenvalue weighted by molar-refractivity contribution is 0.0955. The number of phenolic OH excluding ortho intramolecular Hbond substituents is 1. The summed E-state index contributed by atoms with van der Waals surface area (Å²) in [6.45, 7) is 0. The number of hydrogen-bond acceptors (Lipinski definition) is 3. The standard InChI is InChI=1S/C18H12BrIN2O2/c19-15-8-14(17(23)16(20)9-15)10-21-22-18(24)13-6-5-11-3-1-2-4-12(11)7-13/h1-10,23H,(H,22,24)/b21-10-. The highest BCUT2D eigenvalue weighted by Crippen LogP contribution is 2.27. The molecule has 3 aromatic carbocycles. The van der Waals surface area contributed by atoms with Crippen LogP contribution in [0.1, 0.15) is 15.9 Å². The molecule has 0 radical (unpaired) electrons. The Labute approximate surface area is 160 Å². The van der Waals surface area contributed by atoms with Crippen molar-refractivity contribution in [1.82, 2.24) is 5.43 Å². The molecule has 0 saturated heterocycles. The van der Waals surface area contributed by atoms with Gasteiger partial charge in [-0.1, -0.05) is 46.3 Å². The first kappa shape index (κ1) is 16.9. The van der Waals surface area contributed by atoms with Gasteiger partial charge in [-0.3, -0.25) is 4.79 Å². The Morgan fingerprint density at radius 3 is 2.67 bits per heavy atom. The monoisotopic (exact) mass is 494 g/mol. The zero-order chi connectivity index (χ0) is 17.1. The first-order valence-corrected chi connectivity index (χ1v) is 8.92. The van der Waals surface area contributed by atoms with Gasteiger partial charge in [0.05, 0.1) is 9.78 Å². The van der Waals surface area contributed by atoms with Crippen LogP contribution in [0.15, 0.2) is 64.2 Å². The van der Waals surface area contributed by atoms with E-state index in [1.54, 1.807) is 18.2 Å². The van der Waals surface area contributed by atoms with Gasteiger partial charge in [0.1, 0.15) is 5.75 Å². The molecule has 4 nitrogen and oxygen atoms in total. The van der Waals surface area contributed by atoms with E-state index in [0.29, 0.717) is 14.7 Å². The van der Waals surface area contributed by atoms with Gasteiger partial charge in [-0.2, -0.15) is 5.10 Å². The molecule has 0 atom stereocenters. The minimum atomic E-state index is -0.304. The van der Waals surface area contributed by atoms with E-state index in [9.17, 15) is 9.90 Å². The number of aromatic hydroxyl groups is 1. The fraction of sp³-hybridized carbons (Fsp3) is 0. The third kappa shape index (κ3) is 3.76. The van der Waals surface area contributed by atoms with Gasteiger partial charge in [0.15, 0.2) is 0 Å². The Hall–Kier alpha value is -1.93. The average Bonchev–Trinajstić information content (AvgIpc) is 2.58. The number of hydrazone groups is 1. The van der Waals surface area contributed by atoms with E-state index < -0.39 is 0 Å². The molecule has 0 heterocycles. The normalized spacial score (nSPS) is 11.1. The van der Waals surface area contributed by atoms with Crippen LogP contribution in [0.3, 0.4) is 0 Å². The van der Waals surface area contributed by atoms with Crippen LogP contribution in [-0.2, 0) is 0 Å². The Morgan fingerprint density at radius 1 is 1.12 bits per heavy atom. The number of nitrogens with zero attached hydrogens (tertiary/aromatic N) is 1. The van der Waals surface area contributed by atoms with Crippen LogP contribution in [0.4, 0.5) is 0 Å². The number of carbonyl (C=O) groups is 1. The molecule has 0 fully saturated rings. The summed E-state index contributed by atoms with van der Waals surface area (Å²) in [6.07, 6.45) is 1.42. The van der Waals surface area contributed by atoms with Crippen molar-refractivity contribution in [2.75, 3.05) is 0 Å². The molecule has 3 aromatic rings. The van der Waals surface area contributed by atoms with Crippen LogP contribution in [0, 0.1) is 3.57 Å². The molecule has 24 heavy (non-hydrogen) atoms. The highest BCUT2D eigenvalue weighted by atomic mass is 127. The predicted octanol–water partition coefficient (Wildman–Crippen LogP) is 4.68. The van der Waals surface area contributed by atoms with Gasteiger partial charge < -0.3 is 5.11 Å². The van der Waals surface area contributed by atoms with Crippen LogP contribution in [0.25, 0.3) is 10.8 Å². The molecule has 0 aromatic heterocycles. The lowest BCUT2D eigenvalue weighted by atomic mass is 10.1. The number of carbonyl (C=O) groups excluding carboxylic acids is 1.